The number of amides is 1. The minimum Gasteiger partial charge on any atom is -0.387 e. The minimum atomic E-state index is -0.574. The molecule has 2 unspecified atom stereocenters. The number of aliphatic hydroxyl groups excluding tert-OH is 1. The van der Waals surface area contributed by atoms with Crippen LogP contribution in [-0.2, 0) is 4.79 Å². The molecule has 0 spiro atoms. The topological polar surface area (TPSA) is 40.5 Å². The van der Waals surface area contributed by atoms with Crippen molar-refractivity contribution < 1.29 is 9.90 Å². The Kier molecular flexibility index (Phi) is 4.37. The summed E-state index contributed by atoms with van der Waals surface area (Å²) in [6.07, 6.45) is 2.29. The maximum Gasteiger partial charge on any atom is 0.223 e. The van der Waals surface area contributed by atoms with Crippen LogP contribution in [0.2, 0.25) is 0 Å². The van der Waals surface area contributed by atoms with Crippen molar-refractivity contribution in [1.29, 1.82) is 0 Å². The summed E-state index contributed by atoms with van der Waals surface area (Å²) in [4.78, 5) is 13.6. The SMILES string of the molecule is CCCC1CC(=O)N(CC(O)c2ccccc2)C1. The molecular formula is C15H21NO2. The molecule has 0 saturated carbocycles. The molecule has 1 N–H and O–H groups in total. The molecule has 1 heterocycles. The van der Waals surface area contributed by atoms with Gasteiger partial charge in [0, 0.05) is 13.0 Å². The largest absolute Gasteiger partial charge is 0.387 e. The lowest BCUT2D eigenvalue weighted by atomic mass is 10.0. The van der Waals surface area contributed by atoms with Crippen molar-refractivity contribution in [3.05, 3.63) is 35.9 Å². The molecule has 1 aliphatic heterocycles. The molecule has 1 amide bonds. The Labute approximate surface area is 108 Å². The van der Waals surface area contributed by atoms with E-state index in [1.807, 2.05) is 30.3 Å². The Morgan fingerprint density at radius 1 is 1.39 bits per heavy atom. The highest BCUT2D eigenvalue weighted by molar-refractivity contribution is 5.78. The summed E-state index contributed by atoms with van der Waals surface area (Å²) < 4.78 is 0. The third-order valence-electron chi connectivity index (χ3n) is 3.57. The molecule has 1 fully saturated rings. The molecule has 0 radical (unpaired) electrons. The van der Waals surface area contributed by atoms with E-state index in [0.717, 1.165) is 24.9 Å². The Balaban J connectivity index is 1.92. The fourth-order valence-electron chi connectivity index (χ4n) is 2.62. The zero-order chi connectivity index (χ0) is 13.0. The quantitative estimate of drug-likeness (QED) is 0.867. The number of hydrogen-bond acceptors (Lipinski definition) is 2. The average molecular weight is 247 g/mol. The van der Waals surface area contributed by atoms with Crippen molar-refractivity contribution in [2.24, 2.45) is 5.92 Å². The van der Waals surface area contributed by atoms with Gasteiger partial charge in [-0.15, -0.1) is 0 Å². The fraction of sp³-hybridized carbons (Fsp3) is 0.533. The second kappa shape index (κ2) is 6.01. The van der Waals surface area contributed by atoms with Crippen molar-refractivity contribution >= 4 is 5.91 Å². The average Bonchev–Trinajstić information content (AvgIpc) is 2.71. The Morgan fingerprint density at radius 2 is 2.11 bits per heavy atom. The normalized spacial score (nSPS) is 21.3. The summed E-state index contributed by atoms with van der Waals surface area (Å²) in [7, 11) is 0. The molecule has 0 aromatic heterocycles. The molecule has 1 aromatic rings. The first-order valence-corrected chi connectivity index (χ1v) is 6.71. The molecule has 0 aliphatic carbocycles. The Morgan fingerprint density at radius 3 is 2.78 bits per heavy atom. The Hall–Kier alpha value is -1.35. The monoisotopic (exact) mass is 247 g/mol. The van der Waals surface area contributed by atoms with Crippen LogP contribution in [0.4, 0.5) is 0 Å². The first-order valence-electron chi connectivity index (χ1n) is 6.71. The molecule has 1 aromatic carbocycles. The molecule has 2 atom stereocenters. The van der Waals surface area contributed by atoms with Crippen LogP contribution in [0.1, 0.15) is 37.9 Å². The molecule has 18 heavy (non-hydrogen) atoms. The standard InChI is InChI=1S/C15H21NO2/c1-2-6-12-9-15(18)16(10-12)11-14(17)13-7-4-3-5-8-13/h3-5,7-8,12,14,17H,2,6,9-11H2,1H3. The second-order valence-corrected chi connectivity index (χ2v) is 5.08. The van der Waals surface area contributed by atoms with Gasteiger partial charge in [0.05, 0.1) is 12.6 Å². The highest BCUT2D eigenvalue weighted by atomic mass is 16.3. The third kappa shape index (κ3) is 3.10. The molecule has 2 rings (SSSR count). The minimum absolute atomic E-state index is 0.184. The number of nitrogens with zero attached hydrogens (tertiary/aromatic N) is 1. The van der Waals surface area contributed by atoms with Gasteiger partial charge < -0.3 is 10.0 Å². The first-order chi connectivity index (χ1) is 8.70. The van der Waals surface area contributed by atoms with Crippen LogP contribution in [0.25, 0.3) is 0 Å². The molecule has 1 aliphatic rings. The van der Waals surface area contributed by atoms with Crippen LogP contribution in [0.15, 0.2) is 30.3 Å². The summed E-state index contributed by atoms with van der Waals surface area (Å²) >= 11 is 0. The van der Waals surface area contributed by atoms with E-state index in [9.17, 15) is 9.90 Å². The van der Waals surface area contributed by atoms with Crippen molar-refractivity contribution in [2.75, 3.05) is 13.1 Å². The second-order valence-electron chi connectivity index (χ2n) is 5.08. The van der Waals surface area contributed by atoms with Gasteiger partial charge in [-0.3, -0.25) is 4.79 Å². The first kappa shape index (κ1) is 13.1. The molecule has 98 valence electrons. The number of carbonyl (C=O) groups excluding carboxylic acids is 1. The van der Waals surface area contributed by atoms with Crippen LogP contribution in [-0.4, -0.2) is 29.0 Å². The van der Waals surface area contributed by atoms with Gasteiger partial charge in [0.25, 0.3) is 0 Å². The van der Waals surface area contributed by atoms with Gasteiger partial charge in [0.1, 0.15) is 0 Å². The summed E-state index contributed by atoms with van der Waals surface area (Å²) in [6.45, 7) is 3.37. The molecule has 1 saturated heterocycles. The van der Waals surface area contributed by atoms with Crippen molar-refractivity contribution in [1.82, 2.24) is 4.90 Å². The summed E-state index contributed by atoms with van der Waals surface area (Å²) in [5.74, 6) is 0.661. The lowest BCUT2D eigenvalue weighted by molar-refractivity contribution is -0.129. The van der Waals surface area contributed by atoms with E-state index in [1.165, 1.54) is 0 Å². The number of likely N-dealkylation sites (tertiary alicyclic amines) is 1. The van der Waals surface area contributed by atoms with Gasteiger partial charge in [0.2, 0.25) is 5.91 Å². The number of aliphatic hydroxyl groups is 1. The van der Waals surface area contributed by atoms with Crippen LogP contribution in [0.3, 0.4) is 0 Å². The van der Waals surface area contributed by atoms with E-state index in [0.29, 0.717) is 18.9 Å². The molecule has 3 heteroatoms. The van der Waals surface area contributed by atoms with Crippen molar-refractivity contribution in [3.63, 3.8) is 0 Å². The smallest absolute Gasteiger partial charge is 0.223 e. The zero-order valence-corrected chi connectivity index (χ0v) is 10.9. The van der Waals surface area contributed by atoms with E-state index in [2.05, 4.69) is 6.92 Å². The number of β-amino-alcohol motifs (C(OH)–C–C–N with tert-alkyl or cyclic N) is 1. The van der Waals surface area contributed by atoms with Gasteiger partial charge >= 0.3 is 0 Å². The van der Waals surface area contributed by atoms with E-state index in [-0.39, 0.29) is 5.91 Å². The lowest BCUT2D eigenvalue weighted by Crippen LogP contribution is -2.30. The highest BCUT2D eigenvalue weighted by Gasteiger charge is 2.30. The number of carbonyl (C=O) groups is 1. The Bertz CT molecular complexity index is 391. The predicted molar refractivity (Wildman–Crippen MR) is 71.0 cm³/mol. The summed E-state index contributed by atoms with van der Waals surface area (Å²) in [6, 6.07) is 9.53. The van der Waals surface area contributed by atoms with Gasteiger partial charge in [-0.2, -0.15) is 0 Å². The number of benzene rings is 1. The van der Waals surface area contributed by atoms with E-state index in [1.54, 1.807) is 4.90 Å². The number of rotatable bonds is 5. The van der Waals surface area contributed by atoms with Crippen LogP contribution >= 0.6 is 0 Å². The van der Waals surface area contributed by atoms with Crippen molar-refractivity contribution in [3.8, 4) is 0 Å². The van der Waals surface area contributed by atoms with Crippen LogP contribution in [0.5, 0.6) is 0 Å². The third-order valence-corrected chi connectivity index (χ3v) is 3.57. The summed E-state index contributed by atoms with van der Waals surface area (Å²) in [5, 5.41) is 10.1. The zero-order valence-electron chi connectivity index (χ0n) is 10.9. The highest BCUT2D eigenvalue weighted by Crippen LogP contribution is 2.24. The number of hydrogen-bond donors (Lipinski definition) is 1. The fourth-order valence-corrected chi connectivity index (χ4v) is 2.62. The van der Waals surface area contributed by atoms with Crippen LogP contribution < -0.4 is 0 Å². The van der Waals surface area contributed by atoms with Gasteiger partial charge in [-0.25, -0.2) is 0 Å². The van der Waals surface area contributed by atoms with E-state index < -0.39 is 6.10 Å². The van der Waals surface area contributed by atoms with Gasteiger partial charge in [0.15, 0.2) is 0 Å². The summed E-state index contributed by atoms with van der Waals surface area (Å²) in [5.41, 5.74) is 0.879. The van der Waals surface area contributed by atoms with E-state index >= 15 is 0 Å². The van der Waals surface area contributed by atoms with Crippen molar-refractivity contribution in [2.45, 2.75) is 32.3 Å². The van der Waals surface area contributed by atoms with Gasteiger partial charge in [-0.05, 0) is 17.9 Å². The predicted octanol–water partition coefficient (Wildman–Crippen LogP) is 2.37. The maximum absolute atomic E-state index is 11.8. The maximum atomic E-state index is 11.8. The van der Waals surface area contributed by atoms with Gasteiger partial charge in [-0.1, -0.05) is 43.7 Å². The lowest BCUT2D eigenvalue weighted by Gasteiger charge is -2.20. The van der Waals surface area contributed by atoms with E-state index in [4.69, 9.17) is 0 Å². The molecule has 0 bridgehead atoms. The molecular weight excluding hydrogens is 226 g/mol. The molecule has 3 nitrogen and oxygen atoms in total. The van der Waals surface area contributed by atoms with Crippen LogP contribution in [0, 0.1) is 5.92 Å².